The van der Waals surface area contributed by atoms with Gasteiger partial charge >= 0.3 is 6.03 Å². The first-order valence-electron chi connectivity index (χ1n) is 6.61. The zero-order valence-corrected chi connectivity index (χ0v) is 12.5. The Bertz CT molecular complexity index is 484. The smallest absolute Gasteiger partial charge is 0.322 e. The number of thioether (sulfide) groups is 1. The lowest BCUT2D eigenvalue weighted by atomic mass is 10.2. The molecule has 110 valence electrons. The van der Waals surface area contributed by atoms with Crippen LogP contribution in [0.2, 0.25) is 0 Å². The first-order chi connectivity index (χ1) is 9.63. The van der Waals surface area contributed by atoms with Gasteiger partial charge in [-0.15, -0.1) is 0 Å². The number of nitrogens with zero attached hydrogens (tertiary/aromatic N) is 1. The molecule has 1 aliphatic heterocycles. The van der Waals surface area contributed by atoms with Crippen LogP contribution in [-0.2, 0) is 0 Å². The van der Waals surface area contributed by atoms with E-state index in [4.69, 9.17) is 4.74 Å². The topological polar surface area (TPSA) is 41.6 Å². The van der Waals surface area contributed by atoms with Crippen LogP contribution in [0.5, 0.6) is 5.75 Å². The number of rotatable bonds is 2. The Morgan fingerprint density at radius 3 is 3.05 bits per heavy atom. The van der Waals surface area contributed by atoms with E-state index in [9.17, 15) is 9.18 Å². The van der Waals surface area contributed by atoms with Crippen molar-refractivity contribution in [3.63, 3.8) is 0 Å². The van der Waals surface area contributed by atoms with Crippen molar-refractivity contribution in [3.8, 4) is 5.75 Å². The summed E-state index contributed by atoms with van der Waals surface area (Å²) in [5, 5.41) is 2.64. The number of hydrogen-bond acceptors (Lipinski definition) is 3. The molecule has 1 heterocycles. The number of benzene rings is 1. The number of carbonyl (C=O) groups excluding carboxylic acids is 1. The number of halogens is 1. The van der Waals surface area contributed by atoms with E-state index in [-0.39, 0.29) is 17.8 Å². The van der Waals surface area contributed by atoms with Crippen LogP contribution >= 0.6 is 11.8 Å². The van der Waals surface area contributed by atoms with Crippen LogP contribution in [0.25, 0.3) is 0 Å². The monoisotopic (exact) mass is 298 g/mol. The van der Waals surface area contributed by atoms with Gasteiger partial charge in [0.25, 0.3) is 0 Å². The highest BCUT2D eigenvalue weighted by atomic mass is 32.2. The van der Waals surface area contributed by atoms with Gasteiger partial charge in [-0.1, -0.05) is 6.07 Å². The van der Waals surface area contributed by atoms with Crippen LogP contribution in [0.1, 0.15) is 13.3 Å². The van der Waals surface area contributed by atoms with Gasteiger partial charge in [0.15, 0.2) is 5.82 Å². The summed E-state index contributed by atoms with van der Waals surface area (Å²) >= 11 is 1.84. The second-order valence-corrected chi connectivity index (χ2v) is 5.92. The molecule has 0 aliphatic carbocycles. The third-order valence-electron chi connectivity index (χ3n) is 3.38. The second kappa shape index (κ2) is 6.83. The number of anilines is 1. The predicted molar refractivity (Wildman–Crippen MR) is 80.1 cm³/mol. The maximum absolute atomic E-state index is 13.8. The molecule has 4 nitrogen and oxygen atoms in total. The van der Waals surface area contributed by atoms with E-state index in [1.54, 1.807) is 17.0 Å². The number of hydrogen-bond donors (Lipinski definition) is 1. The maximum Gasteiger partial charge on any atom is 0.322 e. The van der Waals surface area contributed by atoms with Gasteiger partial charge in [0, 0.05) is 18.3 Å². The lowest BCUT2D eigenvalue weighted by molar-refractivity contribution is 0.196. The number of amides is 2. The fourth-order valence-electron chi connectivity index (χ4n) is 2.17. The SMILES string of the molecule is COc1cccc(F)c1NC(=O)N1CCSCCC1C. The summed E-state index contributed by atoms with van der Waals surface area (Å²) in [5.74, 6) is 1.80. The molecule has 1 aliphatic rings. The normalized spacial score (nSPS) is 19.4. The molecule has 1 N–H and O–H groups in total. The van der Waals surface area contributed by atoms with Crippen LogP contribution in [0.3, 0.4) is 0 Å². The summed E-state index contributed by atoms with van der Waals surface area (Å²) in [6.45, 7) is 2.69. The molecule has 20 heavy (non-hydrogen) atoms. The number of methoxy groups -OCH3 is 1. The Morgan fingerprint density at radius 2 is 2.30 bits per heavy atom. The first kappa shape index (κ1) is 15.0. The Hall–Kier alpha value is -1.43. The number of ether oxygens (including phenoxy) is 1. The third-order valence-corrected chi connectivity index (χ3v) is 4.37. The predicted octanol–water partition coefficient (Wildman–Crippen LogP) is 3.19. The van der Waals surface area contributed by atoms with Crippen molar-refractivity contribution in [1.82, 2.24) is 4.90 Å². The van der Waals surface area contributed by atoms with Crippen molar-refractivity contribution in [2.24, 2.45) is 0 Å². The van der Waals surface area contributed by atoms with Crippen molar-refractivity contribution in [2.45, 2.75) is 19.4 Å². The molecule has 2 amide bonds. The van der Waals surface area contributed by atoms with Crippen molar-refractivity contribution >= 4 is 23.5 Å². The van der Waals surface area contributed by atoms with Gasteiger partial charge in [0.1, 0.15) is 11.4 Å². The highest BCUT2D eigenvalue weighted by Crippen LogP contribution is 2.28. The zero-order valence-electron chi connectivity index (χ0n) is 11.7. The molecule has 1 atom stereocenters. The maximum atomic E-state index is 13.8. The number of nitrogens with one attached hydrogen (secondary N) is 1. The van der Waals surface area contributed by atoms with Gasteiger partial charge in [-0.05, 0) is 31.2 Å². The van der Waals surface area contributed by atoms with Crippen LogP contribution in [0.4, 0.5) is 14.9 Å². The minimum Gasteiger partial charge on any atom is -0.494 e. The van der Waals surface area contributed by atoms with E-state index in [1.165, 1.54) is 13.2 Å². The summed E-state index contributed by atoms with van der Waals surface area (Å²) in [4.78, 5) is 14.1. The average Bonchev–Trinajstić information content (AvgIpc) is 2.65. The Morgan fingerprint density at radius 1 is 1.50 bits per heavy atom. The lowest BCUT2D eigenvalue weighted by Gasteiger charge is -2.27. The minimum atomic E-state index is -0.491. The fraction of sp³-hybridized carbons (Fsp3) is 0.500. The number of carbonyl (C=O) groups is 1. The molecule has 0 saturated carbocycles. The van der Waals surface area contributed by atoms with Crippen LogP contribution < -0.4 is 10.1 Å². The van der Waals surface area contributed by atoms with Crippen molar-refractivity contribution in [3.05, 3.63) is 24.0 Å². The Labute approximate surface area is 122 Å². The number of para-hydroxylation sites is 1. The van der Waals surface area contributed by atoms with E-state index < -0.39 is 5.82 Å². The van der Waals surface area contributed by atoms with Crippen molar-refractivity contribution in [1.29, 1.82) is 0 Å². The Kier molecular flexibility index (Phi) is 5.11. The molecular weight excluding hydrogens is 279 g/mol. The first-order valence-corrected chi connectivity index (χ1v) is 7.77. The van der Waals surface area contributed by atoms with E-state index in [0.29, 0.717) is 12.3 Å². The molecule has 0 bridgehead atoms. The van der Waals surface area contributed by atoms with Gasteiger partial charge in [-0.3, -0.25) is 0 Å². The van der Waals surface area contributed by atoms with E-state index in [2.05, 4.69) is 5.32 Å². The van der Waals surface area contributed by atoms with Crippen LogP contribution in [0.15, 0.2) is 18.2 Å². The summed E-state index contributed by atoms with van der Waals surface area (Å²) in [5.41, 5.74) is 0.101. The fourth-order valence-corrected chi connectivity index (χ4v) is 3.21. The molecule has 1 fully saturated rings. The molecule has 6 heteroatoms. The minimum absolute atomic E-state index is 0.101. The molecule has 0 radical (unpaired) electrons. The molecule has 2 rings (SSSR count). The van der Waals surface area contributed by atoms with E-state index in [1.807, 2.05) is 18.7 Å². The van der Waals surface area contributed by atoms with Crippen LogP contribution in [-0.4, -0.2) is 42.1 Å². The Balaban J connectivity index is 2.14. The summed E-state index contributed by atoms with van der Waals surface area (Å²) < 4.78 is 18.9. The van der Waals surface area contributed by atoms with E-state index in [0.717, 1.165) is 17.9 Å². The molecule has 1 aromatic rings. The third kappa shape index (κ3) is 3.36. The van der Waals surface area contributed by atoms with Gasteiger partial charge in [0.05, 0.1) is 7.11 Å². The van der Waals surface area contributed by atoms with Crippen molar-refractivity contribution < 1.29 is 13.9 Å². The highest BCUT2D eigenvalue weighted by Gasteiger charge is 2.23. The average molecular weight is 298 g/mol. The lowest BCUT2D eigenvalue weighted by Crippen LogP contribution is -2.42. The van der Waals surface area contributed by atoms with Crippen LogP contribution in [0, 0.1) is 5.82 Å². The quantitative estimate of drug-likeness (QED) is 0.911. The molecule has 0 aromatic heterocycles. The van der Waals surface area contributed by atoms with Gasteiger partial charge < -0.3 is 15.0 Å². The number of urea groups is 1. The molecular formula is C14H19FN2O2S. The highest BCUT2D eigenvalue weighted by molar-refractivity contribution is 7.99. The summed E-state index contributed by atoms with van der Waals surface area (Å²) in [6, 6.07) is 4.36. The molecule has 0 spiro atoms. The van der Waals surface area contributed by atoms with Crippen molar-refractivity contribution in [2.75, 3.05) is 30.5 Å². The second-order valence-electron chi connectivity index (χ2n) is 4.69. The zero-order chi connectivity index (χ0) is 14.5. The molecule has 1 unspecified atom stereocenters. The summed E-state index contributed by atoms with van der Waals surface area (Å²) in [7, 11) is 1.45. The van der Waals surface area contributed by atoms with Gasteiger partial charge in [-0.2, -0.15) is 11.8 Å². The molecule has 1 saturated heterocycles. The standard InChI is InChI=1S/C14H19FN2O2S/c1-10-6-8-20-9-7-17(10)14(18)16-13-11(15)4-3-5-12(13)19-2/h3-5,10H,6-9H2,1-2H3,(H,16,18). The van der Waals surface area contributed by atoms with Gasteiger partial charge in [-0.25, -0.2) is 9.18 Å². The summed E-state index contributed by atoms with van der Waals surface area (Å²) in [6.07, 6.45) is 0.951. The largest absolute Gasteiger partial charge is 0.494 e. The van der Waals surface area contributed by atoms with Gasteiger partial charge in [0.2, 0.25) is 0 Å². The van der Waals surface area contributed by atoms with E-state index >= 15 is 0 Å². The molecule has 1 aromatic carbocycles.